The predicted molar refractivity (Wildman–Crippen MR) is 95.1 cm³/mol. The summed E-state index contributed by atoms with van der Waals surface area (Å²) in [5, 5.41) is 0.768. The van der Waals surface area contributed by atoms with Crippen molar-refractivity contribution in [3.8, 4) is 11.5 Å². The second-order valence-electron chi connectivity index (χ2n) is 4.76. The molecule has 23 heavy (non-hydrogen) atoms. The van der Waals surface area contributed by atoms with Gasteiger partial charge in [0.2, 0.25) is 0 Å². The lowest BCUT2D eigenvalue weighted by Gasteiger charge is -2.11. The number of thioether (sulfide) groups is 1. The van der Waals surface area contributed by atoms with Crippen LogP contribution < -0.4 is 9.47 Å². The van der Waals surface area contributed by atoms with Crippen LogP contribution in [0.25, 0.3) is 6.08 Å². The van der Waals surface area contributed by atoms with Crippen molar-refractivity contribution in [2.45, 2.75) is 20.8 Å². The molecule has 1 aliphatic heterocycles. The third-order valence-corrected chi connectivity index (χ3v) is 4.33. The molecule has 0 unspecified atom stereocenters. The summed E-state index contributed by atoms with van der Waals surface area (Å²) >= 11 is 1.41. The van der Waals surface area contributed by atoms with Crippen LogP contribution >= 0.6 is 11.8 Å². The van der Waals surface area contributed by atoms with E-state index in [2.05, 4.69) is 4.99 Å². The number of methoxy groups -OCH3 is 1. The van der Waals surface area contributed by atoms with Gasteiger partial charge in [0.1, 0.15) is 0 Å². The van der Waals surface area contributed by atoms with E-state index in [1.165, 1.54) is 11.8 Å². The molecular formula is C17H22N2O3S. The first-order valence-corrected chi connectivity index (χ1v) is 8.52. The summed E-state index contributed by atoms with van der Waals surface area (Å²) in [7, 11) is 1.61. The van der Waals surface area contributed by atoms with Crippen LogP contribution in [0.3, 0.4) is 0 Å². The fraction of sp³-hybridized carbons (Fsp3) is 0.412. The Labute approximate surface area is 141 Å². The molecule has 124 valence electrons. The molecule has 0 N–H and O–H groups in total. The second kappa shape index (κ2) is 8.06. The molecule has 5 nitrogen and oxygen atoms in total. The number of carbonyl (C=O) groups excluding carboxylic acids is 1. The molecule has 1 aromatic carbocycles. The highest BCUT2D eigenvalue weighted by atomic mass is 32.2. The van der Waals surface area contributed by atoms with E-state index in [1.807, 2.05) is 45.0 Å². The fourth-order valence-corrected chi connectivity index (χ4v) is 3.35. The molecule has 6 heteroatoms. The van der Waals surface area contributed by atoms with Gasteiger partial charge in [0.25, 0.3) is 5.91 Å². The number of benzene rings is 1. The zero-order valence-corrected chi connectivity index (χ0v) is 14.8. The molecule has 1 aromatic rings. The summed E-state index contributed by atoms with van der Waals surface area (Å²) in [4.78, 5) is 19.2. The highest BCUT2D eigenvalue weighted by Crippen LogP contribution is 2.34. The Hall–Kier alpha value is -1.95. The van der Waals surface area contributed by atoms with E-state index in [0.29, 0.717) is 36.1 Å². The molecule has 1 fully saturated rings. The summed E-state index contributed by atoms with van der Waals surface area (Å²) < 4.78 is 10.9. The van der Waals surface area contributed by atoms with Crippen LogP contribution in [-0.4, -0.2) is 42.8 Å². The monoisotopic (exact) mass is 334 g/mol. The Morgan fingerprint density at radius 3 is 2.65 bits per heavy atom. The van der Waals surface area contributed by atoms with E-state index >= 15 is 0 Å². The molecule has 0 spiro atoms. The molecule has 1 heterocycles. The Balaban J connectivity index is 2.31. The Morgan fingerprint density at radius 1 is 1.26 bits per heavy atom. The quantitative estimate of drug-likeness (QED) is 0.748. The minimum Gasteiger partial charge on any atom is -0.493 e. The molecule has 1 saturated heterocycles. The molecule has 0 saturated carbocycles. The summed E-state index contributed by atoms with van der Waals surface area (Å²) in [6.07, 6.45) is 1.87. The lowest BCUT2D eigenvalue weighted by molar-refractivity contribution is -0.122. The molecule has 0 atom stereocenters. The summed E-state index contributed by atoms with van der Waals surface area (Å²) in [5.41, 5.74) is 0.898. The number of aliphatic imine (C=N–C) groups is 1. The van der Waals surface area contributed by atoms with E-state index in [0.717, 1.165) is 10.7 Å². The molecule has 0 radical (unpaired) electrons. The topological polar surface area (TPSA) is 51.1 Å². The van der Waals surface area contributed by atoms with Crippen LogP contribution in [0.15, 0.2) is 28.1 Å². The van der Waals surface area contributed by atoms with Gasteiger partial charge in [0.15, 0.2) is 16.7 Å². The molecule has 1 amide bonds. The fourth-order valence-electron chi connectivity index (χ4n) is 2.24. The molecule has 1 aliphatic rings. The molecule has 2 rings (SSSR count). The van der Waals surface area contributed by atoms with Crippen molar-refractivity contribution in [1.82, 2.24) is 4.90 Å². The van der Waals surface area contributed by atoms with Crippen molar-refractivity contribution < 1.29 is 14.3 Å². The zero-order chi connectivity index (χ0) is 16.8. The number of likely N-dealkylation sites (N-methyl/N-ethyl adjacent to an activating group) is 1. The van der Waals surface area contributed by atoms with Crippen molar-refractivity contribution in [3.63, 3.8) is 0 Å². The number of amidine groups is 1. The van der Waals surface area contributed by atoms with Crippen molar-refractivity contribution in [2.24, 2.45) is 4.99 Å². The van der Waals surface area contributed by atoms with Crippen LogP contribution in [-0.2, 0) is 4.79 Å². The molecule has 0 bridgehead atoms. The average Bonchev–Trinajstić information content (AvgIpc) is 2.84. The average molecular weight is 334 g/mol. The first kappa shape index (κ1) is 17.4. The summed E-state index contributed by atoms with van der Waals surface area (Å²) in [5.74, 6) is 1.36. The van der Waals surface area contributed by atoms with Crippen molar-refractivity contribution >= 4 is 28.9 Å². The van der Waals surface area contributed by atoms with Gasteiger partial charge in [-0.25, -0.2) is 0 Å². The van der Waals surface area contributed by atoms with Crippen LogP contribution in [0.1, 0.15) is 26.3 Å². The van der Waals surface area contributed by atoms with Crippen molar-refractivity contribution in [1.29, 1.82) is 0 Å². The second-order valence-corrected chi connectivity index (χ2v) is 5.77. The lowest BCUT2D eigenvalue weighted by Crippen LogP contribution is -2.28. The van der Waals surface area contributed by atoms with E-state index in [4.69, 9.17) is 9.47 Å². The normalized spacial score (nSPS) is 18.1. The third-order valence-electron chi connectivity index (χ3n) is 3.28. The highest BCUT2D eigenvalue weighted by molar-refractivity contribution is 8.18. The molecule has 0 aliphatic carbocycles. The third kappa shape index (κ3) is 3.88. The number of carbonyl (C=O) groups is 1. The van der Waals surface area contributed by atoms with E-state index in [1.54, 1.807) is 12.0 Å². The highest BCUT2D eigenvalue weighted by Gasteiger charge is 2.31. The Morgan fingerprint density at radius 2 is 2.04 bits per heavy atom. The van der Waals surface area contributed by atoms with Gasteiger partial charge in [0, 0.05) is 13.1 Å². The van der Waals surface area contributed by atoms with E-state index < -0.39 is 0 Å². The largest absolute Gasteiger partial charge is 0.493 e. The minimum atomic E-state index is -0.00227. The smallest absolute Gasteiger partial charge is 0.266 e. The number of rotatable bonds is 6. The lowest BCUT2D eigenvalue weighted by atomic mass is 10.2. The van der Waals surface area contributed by atoms with Crippen LogP contribution in [0.5, 0.6) is 11.5 Å². The van der Waals surface area contributed by atoms with Gasteiger partial charge >= 0.3 is 0 Å². The van der Waals surface area contributed by atoms with Gasteiger partial charge < -0.3 is 9.47 Å². The standard InChI is InChI=1S/C17H22N2O3S/c1-5-18-17-19(6-2)16(20)15(23-17)11-12-8-9-13(22-7-3)14(10-12)21-4/h8-11H,5-7H2,1-4H3/b15-11+,18-17?. The Bertz CT molecular complexity index is 641. The molecular weight excluding hydrogens is 312 g/mol. The van der Waals surface area contributed by atoms with Crippen LogP contribution in [0.4, 0.5) is 0 Å². The van der Waals surface area contributed by atoms with Crippen LogP contribution in [0.2, 0.25) is 0 Å². The van der Waals surface area contributed by atoms with Crippen LogP contribution in [0, 0.1) is 0 Å². The number of amides is 1. The van der Waals surface area contributed by atoms with Gasteiger partial charge in [-0.1, -0.05) is 6.07 Å². The Kier molecular flexibility index (Phi) is 6.10. The van der Waals surface area contributed by atoms with E-state index in [-0.39, 0.29) is 5.91 Å². The van der Waals surface area contributed by atoms with Crippen molar-refractivity contribution in [3.05, 3.63) is 28.7 Å². The summed E-state index contributed by atoms with van der Waals surface area (Å²) in [6, 6.07) is 5.65. The maximum absolute atomic E-state index is 12.5. The van der Waals surface area contributed by atoms with Gasteiger partial charge in [-0.3, -0.25) is 14.7 Å². The van der Waals surface area contributed by atoms with Gasteiger partial charge in [0.05, 0.1) is 18.6 Å². The first-order valence-electron chi connectivity index (χ1n) is 7.71. The number of nitrogens with zero attached hydrogens (tertiary/aromatic N) is 2. The molecule has 0 aromatic heterocycles. The van der Waals surface area contributed by atoms with Crippen molar-refractivity contribution in [2.75, 3.05) is 26.8 Å². The number of ether oxygens (including phenoxy) is 2. The maximum Gasteiger partial charge on any atom is 0.266 e. The van der Waals surface area contributed by atoms with E-state index in [9.17, 15) is 4.79 Å². The first-order chi connectivity index (χ1) is 11.1. The number of hydrogen-bond donors (Lipinski definition) is 0. The van der Waals surface area contributed by atoms with Gasteiger partial charge in [-0.15, -0.1) is 0 Å². The summed E-state index contributed by atoms with van der Waals surface area (Å²) in [6.45, 7) is 7.70. The van der Waals surface area contributed by atoms with Gasteiger partial charge in [-0.05, 0) is 56.3 Å². The minimum absolute atomic E-state index is 0.00227. The zero-order valence-electron chi connectivity index (χ0n) is 14.0. The number of hydrogen-bond acceptors (Lipinski definition) is 5. The predicted octanol–water partition coefficient (Wildman–Crippen LogP) is 3.41. The van der Waals surface area contributed by atoms with Gasteiger partial charge in [-0.2, -0.15) is 0 Å². The maximum atomic E-state index is 12.5. The SMILES string of the molecule is CCN=C1S/C(=C/c2ccc(OCC)c(OC)c2)C(=O)N1CC.